The molecule has 2 saturated carbocycles. The molecule has 2 aromatic carbocycles. The summed E-state index contributed by atoms with van der Waals surface area (Å²) < 4.78 is 19.8. The number of hydrogen-bond donors (Lipinski definition) is 1. The van der Waals surface area contributed by atoms with Crippen LogP contribution in [0.15, 0.2) is 54.6 Å². The van der Waals surface area contributed by atoms with Gasteiger partial charge in [-0.2, -0.15) is 0 Å². The van der Waals surface area contributed by atoms with Gasteiger partial charge in [0, 0.05) is 0 Å². The molecule has 0 atom stereocenters. The molecule has 2 aliphatic rings. The summed E-state index contributed by atoms with van der Waals surface area (Å²) in [5.41, 5.74) is 0.404. The average Bonchev–Trinajstić information content (AvgIpc) is 3.52. The summed E-state index contributed by atoms with van der Waals surface area (Å²) in [6, 6.07) is 16.0. The Morgan fingerprint density at radius 3 is 2.14 bits per heavy atom. The van der Waals surface area contributed by atoms with Crippen molar-refractivity contribution >= 4 is 5.97 Å². The van der Waals surface area contributed by atoms with E-state index in [-0.39, 0.29) is 36.8 Å². The van der Waals surface area contributed by atoms with E-state index in [2.05, 4.69) is 0 Å². The second kappa shape index (κ2) is 8.66. The predicted octanol–water partition coefficient (Wildman–Crippen LogP) is 2.16. The first kappa shape index (κ1) is 21.5. The van der Waals surface area contributed by atoms with E-state index >= 15 is 0 Å². The van der Waals surface area contributed by atoms with Gasteiger partial charge in [0.15, 0.2) is 0 Å². The van der Waals surface area contributed by atoms with Crippen LogP contribution in [0.1, 0.15) is 51.1 Å². The van der Waals surface area contributed by atoms with E-state index in [0.29, 0.717) is 38.2 Å². The molecule has 5 heteroatoms. The summed E-state index contributed by atoms with van der Waals surface area (Å²) in [4.78, 5) is 12.3. The minimum absolute atomic E-state index is 0. The van der Waals surface area contributed by atoms with E-state index in [4.69, 9.17) is 4.74 Å². The van der Waals surface area contributed by atoms with Gasteiger partial charge in [-0.05, 0) is 67.7 Å². The minimum atomic E-state index is -0.881. The summed E-state index contributed by atoms with van der Waals surface area (Å²) in [6.07, 6.45) is 4.65. The van der Waals surface area contributed by atoms with Crippen LogP contribution in [0.3, 0.4) is 0 Å². The molecule has 0 spiro atoms. The van der Waals surface area contributed by atoms with Crippen LogP contribution in [0.4, 0.5) is 4.39 Å². The summed E-state index contributed by atoms with van der Waals surface area (Å²) in [5, 5.41) is 10.1. The maximum atomic E-state index is 13.4. The third-order valence-electron chi connectivity index (χ3n) is 6.31. The molecule has 0 aromatic heterocycles. The quantitative estimate of drug-likeness (QED) is 0.767. The van der Waals surface area contributed by atoms with Crippen molar-refractivity contribution in [3.63, 3.8) is 0 Å². The van der Waals surface area contributed by atoms with Crippen LogP contribution >= 0.6 is 0 Å². The number of hydrogen-bond acceptors (Lipinski definition) is 2. The van der Waals surface area contributed by atoms with Crippen LogP contribution < -0.4 is 29.6 Å². The Morgan fingerprint density at radius 1 is 1.00 bits per heavy atom. The van der Waals surface area contributed by atoms with Crippen LogP contribution in [0.25, 0.3) is 0 Å². The van der Waals surface area contributed by atoms with E-state index in [1.165, 1.54) is 25.0 Å². The van der Waals surface area contributed by atoms with Crippen LogP contribution in [0, 0.1) is 11.7 Å². The zero-order valence-electron chi connectivity index (χ0n) is 17.4. The predicted molar refractivity (Wildman–Crippen MR) is 102 cm³/mol. The molecule has 0 unspecified atom stereocenters. The SMILES string of the molecule is O=C(O)C1(c2ccccc2)CCC(OCC2CC2)(c2ccc(F)cc2)CC1.[H-].[Na+]. The summed E-state index contributed by atoms with van der Waals surface area (Å²) in [7, 11) is 0. The van der Waals surface area contributed by atoms with Gasteiger partial charge in [-0.25, -0.2) is 4.39 Å². The first-order chi connectivity index (χ1) is 13.0. The molecular formula is C23H26FNaO3. The smallest absolute Gasteiger partial charge is 1.00 e. The molecule has 2 aliphatic carbocycles. The normalized spacial score (nSPS) is 27.0. The number of aliphatic carboxylic acids is 1. The Bertz CT molecular complexity index is 801. The molecule has 28 heavy (non-hydrogen) atoms. The number of carbonyl (C=O) groups is 1. The third-order valence-corrected chi connectivity index (χ3v) is 6.31. The van der Waals surface area contributed by atoms with Crippen molar-refractivity contribution in [3.05, 3.63) is 71.5 Å². The molecular weight excluding hydrogens is 366 g/mol. The van der Waals surface area contributed by atoms with Crippen molar-refractivity contribution in [1.82, 2.24) is 0 Å². The Balaban J connectivity index is 0.00000150. The second-order valence-electron chi connectivity index (χ2n) is 8.01. The summed E-state index contributed by atoms with van der Waals surface area (Å²) in [6.45, 7) is 0.697. The molecule has 1 N–H and O–H groups in total. The number of ether oxygens (including phenoxy) is 1. The molecule has 0 bridgehead atoms. The number of rotatable bonds is 6. The van der Waals surface area contributed by atoms with Crippen molar-refractivity contribution < 1.29 is 50.0 Å². The number of benzene rings is 2. The summed E-state index contributed by atoms with van der Waals surface area (Å²) >= 11 is 0. The third kappa shape index (κ3) is 4.20. The Hall–Kier alpha value is -1.20. The maximum Gasteiger partial charge on any atom is 1.00 e. The van der Waals surface area contributed by atoms with Gasteiger partial charge in [0.25, 0.3) is 0 Å². The monoisotopic (exact) mass is 392 g/mol. The molecule has 2 aromatic rings. The Morgan fingerprint density at radius 2 is 1.61 bits per heavy atom. The van der Waals surface area contributed by atoms with Crippen LogP contribution in [0.2, 0.25) is 0 Å². The van der Waals surface area contributed by atoms with Crippen LogP contribution in [-0.4, -0.2) is 17.7 Å². The molecule has 0 heterocycles. The molecule has 144 valence electrons. The van der Waals surface area contributed by atoms with Crippen LogP contribution in [0.5, 0.6) is 0 Å². The number of carboxylic acid groups (broad SMARTS) is 1. The first-order valence-electron chi connectivity index (χ1n) is 9.73. The van der Waals surface area contributed by atoms with Gasteiger partial charge in [0.1, 0.15) is 5.82 Å². The topological polar surface area (TPSA) is 46.5 Å². The fourth-order valence-electron chi connectivity index (χ4n) is 4.30. The van der Waals surface area contributed by atoms with E-state index in [9.17, 15) is 14.3 Å². The first-order valence-corrected chi connectivity index (χ1v) is 9.73. The zero-order valence-corrected chi connectivity index (χ0v) is 18.4. The van der Waals surface area contributed by atoms with Crippen molar-refractivity contribution in [2.45, 2.75) is 49.5 Å². The van der Waals surface area contributed by atoms with Crippen molar-refractivity contribution in [1.29, 1.82) is 0 Å². The summed E-state index contributed by atoms with van der Waals surface area (Å²) in [5.74, 6) is -0.428. The average molecular weight is 392 g/mol. The van der Waals surface area contributed by atoms with Crippen molar-refractivity contribution in [2.24, 2.45) is 5.92 Å². The van der Waals surface area contributed by atoms with Crippen molar-refractivity contribution in [3.8, 4) is 0 Å². The largest absolute Gasteiger partial charge is 1.00 e. The number of halogens is 1. The van der Waals surface area contributed by atoms with Gasteiger partial charge in [0.05, 0.1) is 17.6 Å². The van der Waals surface area contributed by atoms with Gasteiger partial charge in [0.2, 0.25) is 0 Å². The van der Waals surface area contributed by atoms with Gasteiger partial charge >= 0.3 is 35.5 Å². The Kier molecular flexibility index (Phi) is 6.65. The molecule has 0 radical (unpaired) electrons. The van der Waals surface area contributed by atoms with Gasteiger partial charge in [-0.1, -0.05) is 42.5 Å². The zero-order chi connectivity index (χ0) is 18.9. The molecule has 3 nitrogen and oxygen atoms in total. The molecule has 2 fully saturated rings. The Labute approximate surface area is 189 Å². The molecule has 0 aliphatic heterocycles. The van der Waals surface area contributed by atoms with Crippen LogP contribution in [-0.2, 0) is 20.5 Å². The fourth-order valence-corrected chi connectivity index (χ4v) is 4.30. The minimum Gasteiger partial charge on any atom is -1.00 e. The van der Waals surface area contributed by atoms with Crippen molar-refractivity contribution in [2.75, 3.05) is 6.61 Å². The fraction of sp³-hybridized carbons (Fsp3) is 0.435. The standard InChI is InChI=1S/C23H25FO3.Na.H/c24-20-10-8-19(9-11-20)23(27-16-17-6-7-17)14-12-22(13-15-23,21(25)26)18-4-2-1-3-5-18;;/h1-5,8-11,17H,6-7,12-16H2,(H,25,26);;/q;+1;-1. The van der Waals surface area contributed by atoms with E-state index in [1.54, 1.807) is 12.1 Å². The van der Waals surface area contributed by atoms with Gasteiger partial charge < -0.3 is 11.3 Å². The van der Waals surface area contributed by atoms with E-state index < -0.39 is 17.0 Å². The molecule has 0 saturated heterocycles. The van der Waals surface area contributed by atoms with Gasteiger partial charge in [-0.15, -0.1) is 0 Å². The molecule has 4 rings (SSSR count). The van der Waals surface area contributed by atoms with Gasteiger partial charge in [-0.3, -0.25) is 4.79 Å². The molecule has 0 amide bonds. The number of carboxylic acids is 1. The maximum absolute atomic E-state index is 13.4. The second-order valence-corrected chi connectivity index (χ2v) is 8.01. The van der Waals surface area contributed by atoms with E-state index in [0.717, 1.165) is 11.1 Å². The van der Waals surface area contributed by atoms with E-state index in [1.807, 2.05) is 30.3 Å².